The van der Waals surface area contributed by atoms with Gasteiger partial charge in [0.05, 0.1) is 30.7 Å². The van der Waals surface area contributed by atoms with Gasteiger partial charge in [-0.2, -0.15) is 0 Å². The molecular formula is C30H29NO7. The largest absolute Gasteiger partial charge is 0.508 e. The number of ether oxygens (including phenoxy) is 2. The Hall–Kier alpha value is -4.59. The quantitative estimate of drug-likeness (QED) is 0.190. The van der Waals surface area contributed by atoms with Crippen molar-refractivity contribution < 1.29 is 34.1 Å². The van der Waals surface area contributed by atoms with Crippen LogP contribution in [0.4, 0.5) is 5.69 Å². The minimum atomic E-state index is -0.957. The normalized spacial score (nSPS) is 16.6. The molecule has 0 aliphatic carbocycles. The van der Waals surface area contributed by atoms with Gasteiger partial charge in [-0.3, -0.25) is 19.3 Å². The van der Waals surface area contributed by atoms with Crippen LogP contribution >= 0.6 is 0 Å². The van der Waals surface area contributed by atoms with Gasteiger partial charge in [-0.25, -0.2) is 0 Å². The number of Topliss-reactive ketones (excluding diaryl/α,β-unsaturated/α-hetero) is 1. The van der Waals surface area contributed by atoms with E-state index in [0.29, 0.717) is 28.1 Å². The first-order chi connectivity index (χ1) is 18.2. The number of nitrogens with zero attached hydrogens (tertiary/aromatic N) is 1. The summed E-state index contributed by atoms with van der Waals surface area (Å²) in [6.45, 7) is 5.76. The molecule has 0 aromatic heterocycles. The van der Waals surface area contributed by atoms with Gasteiger partial charge in [0, 0.05) is 11.3 Å². The van der Waals surface area contributed by atoms with Crippen LogP contribution in [0.3, 0.4) is 0 Å². The Kier molecular flexibility index (Phi) is 7.81. The van der Waals surface area contributed by atoms with Crippen LogP contribution in [-0.2, 0) is 25.5 Å². The molecule has 196 valence electrons. The lowest BCUT2D eigenvalue weighted by Crippen LogP contribution is -2.29. The number of aliphatic hydroxyl groups is 1. The highest BCUT2D eigenvalue weighted by Crippen LogP contribution is 2.42. The molecule has 0 radical (unpaired) electrons. The third-order valence-corrected chi connectivity index (χ3v) is 6.00. The Morgan fingerprint density at radius 2 is 1.68 bits per heavy atom. The maximum Gasteiger partial charge on any atom is 0.310 e. The van der Waals surface area contributed by atoms with Gasteiger partial charge in [0.2, 0.25) is 0 Å². The summed E-state index contributed by atoms with van der Waals surface area (Å²) >= 11 is 0. The fraction of sp³-hybridized carbons (Fsp3) is 0.233. The number of ketones is 1. The van der Waals surface area contributed by atoms with Gasteiger partial charge in [0.1, 0.15) is 17.3 Å². The van der Waals surface area contributed by atoms with Crippen LogP contribution < -0.4 is 9.64 Å². The molecule has 1 atom stereocenters. The van der Waals surface area contributed by atoms with Gasteiger partial charge in [-0.1, -0.05) is 36.4 Å². The third-order valence-electron chi connectivity index (χ3n) is 6.00. The van der Waals surface area contributed by atoms with Crippen molar-refractivity contribution >= 4 is 29.1 Å². The lowest BCUT2D eigenvalue weighted by molar-refractivity contribution is -0.142. The van der Waals surface area contributed by atoms with Crippen LogP contribution in [0.5, 0.6) is 11.5 Å². The van der Waals surface area contributed by atoms with Crippen molar-refractivity contribution in [2.24, 2.45) is 0 Å². The summed E-state index contributed by atoms with van der Waals surface area (Å²) in [7, 11) is 0. The van der Waals surface area contributed by atoms with Crippen molar-refractivity contribution in [3.8, 4) is 11.5 Å². The van der Waals surface area contributed by atoms with E-state index in [1.807, 2.05) is 13.8 Å². The van der Waals surface area contributed by atoms with Crippen molar-refractivity contribution in [1.82, 2.24) is 0 Å². The Labute approximate surface area is 220 Å². The Balaban J connectivity index is 1.80. The van der Waals surface area contributed by atoms with Gasteiger partial charge in [-0.05, 0) is 68.3 Å². The number of hydrogen-bond acceptors (Lipinski definition) is 7. The molecule has 1 amide bonds. The smallest absolute Gasteiger partial charge is 0.310 e. The number of amides is 1. The van der Waals surface area contributed by atoms with E-state index >= 15 is 0 Å². The second-order valence-corrected chi connectivity index (χ2v) is 9.10. The Morgan fingerprint density at radius 1 is 1.00 bits per heavy atom. The number of aromatic hydroxyl groups is 1. The van der Waals surface area contributed by atoms with Crippen molar-refractivity contribution in [1.29, 1.82) is 0 Å². The van der Waals surface area contributed by atoms with E-state index in [1.165, 1.54) is 17.0 Å². The van der Waals surface area contributed by atoms with Gasteiger partial charge in [-0.15, -0.1) is 0 Å². The molecule has 1 heterocycles. The van der Waals surface area contributed by atoms with Gasteiger partial charge >= 0.3 is 5.97 Å². The summed E-state index contributed by atoms with van der Waals surface area (Å²) in [5, 5.41) is 21.2. The molecule has 4 rings (SSSR count). The molecule has 8 nitrogen and oxygen atoms in total. The number of carbonyl (C=O) groups is 3. The first-order valence-electron chi connectivity index (χ1n) is 12.3. The zero-order valence-corrected chi connectivity index (χ0v) is 21.4. The summed E-state index contributed by atoms with van der Waals surface area (Å²) in [6, 6.07) is 18.5. The second-order valence-electron chi connectivity index (χ2n) is 9.10. The highest BCUT2D eigenvalue weighted by Gasteiger charge is 2.47. The summed E-state index contributed by atoms with van der Waals surface area (Å²) in [4.78, 5) is 39.9. The maximum atomic E-state index is 13.4. The number of anilines is 1. The maximum absolute atomic E-state index is 13.4. The molecule has 2 N–H and O–H groups in total. The van der Waals surface area contributed by atoms with E-state index in [0.717, 1.165) is 0 Å². The number of carbonyl (C=O) groups excluding carboxylic acids is 3. The van der Waals surface area contributed by atoms with Crippen LogP contribution in [-0.4, -0.2) is 40.6 Å². The predicted molar refractivity (Wildman–Crippen MR) is 142 cm³/mol. The summed E-state index contributed by atoms with van der Waals surface area (Å²) in [5.74, 6) is -1.82. The number of phenolic OH excluding ortho intramolecular Hbond substituents is 1. The van der Waals surface area contributed by atoms with Crippen molar-refractivity contribution in [2.45, 2.75) is 39.3 Å². The molecule has 1 saturated heterocycles. The van der Waals surface area contributed by atoms with E-state index in [2.05, 4.69) is 0 Å². The molecule has 3 aromatic carbocycles. The monoisotopic (exact) mass is 515 g/mol. The molecule has 8 heteroatoms. The lowest BCUT2D eigenvalue weighted by atomic mass is 9.95. The zero-order chi connectivity index (χ0) is 27.4. The van der Waals surface area contributed by atoms with Crippen LogP contribution in [0.2, 0.25) is 0 Å². The first-order valence-corrected chi connectivity index (χ1v) is 12.3. The van der Waals surface area contributed by atoms with E-state index in [4.69, 9.17) is 9.47 Å². The molecule has 1 aliphatic rings. The second kappa shape index (κ2) is 11.2. The fourth-order valence-corrected chi connectivity index (χ4v) is 4.37. The Morgan fingerprint density at radius 3 is 2.32 bits per heavy atom. The van der Waals surface area contributed by atoms with Crippen LogP contribution in [0, 0.1) is 0 Å². The lowest BCUT2D eigenvalue weighted by Gasteiger charge is -2.25. The van der Waals surface area contributed by atoms with E-state index in [-0.39, 0.29) is 42.2 Å². The predicted octanol–water partition coefficient (Wildman–Crippen LogP) is 4.91. The van der Waals surface area contributed by atoms with Crippen molar-refractivity contribution in [3.05, 3.63) is 95.1 Å². The molecule has 1 aliphatic heterocycles. The average Bonchev–Trinajstić information content (AvgIpc) is 3.14. The summed E-state index contributed by atoms with van der Waals surface area (Å²) in [5.41, 5.74) is 1.86. The molecule has 1 unspecified atom stereocenters. The van der Waals surface area contributed by atoms with Gasteiger partial charge in [0.15, 0.2) is 0 Å². The summed E-state index contributed by atoms with van der Waals surface area (Å²) < 4.78 is 10.7. The van der Waals surface area contributed by atoms with Gasteiger partial charge in [0.25, 0.3) is 11.7 Å². The SMILES string of the molecule is CCOC(=O)Cc1ccc(N2C(=O)C(=O)/C(=C(\O)c3cccc(OC(C)C)c3)C2c2ccc(O)cc2)cc1. The van der Waals surface area contributed by atoms with E-state index in [1.54, 1.807) is 67.6 Å². The van der Waals surface area contributed by atoms with Crippen LogP contribution in [0.1, 0.15) is 43.5 Å². The molecule has 0 spiro atoms. The number of rotatable bonds is 8. The minimum absolute atomic E-state index is 0.0209. The number of esters is 1. The van der Waals surface area contributed by atoms with Crippen LogP contribution in [0.15, 0.2) is 78.4 Å². The van der Waals surface area contributed by atoms with E-state index < -0.39 is 17.7 Å². The fourth-order valence-electron chi connectivity index (χ4n) is 4.37. The summed E-state index contributed by atoms with van der Waals surface area (Å²) in [6.07, 6.45) is -0.0230. The van der Waals surface area contributed by atoms with Crippen molar-refractivity contribution in [2.75, 3.05) is 11.5 Å². The van der Waals surface area contributed by atoms with Gasteiger partial charge < -0.3 is 19.7 Å². The molecule has 1 fully saturated rings. The highest BCUT2D eigenvalue weighted by molar-refractivity contribution is 6.51. The first kappa shape index (κ1) is 26.5. The number of aliphatic hydroxyl groups excluding tert-OH is 1. The number of benzene rings is 3. The number of phenols is 1. The molecule has 3 aromatic rings. The molecule has 0 saturated carbocycles. The topological polar surface area (TPSA) is 113 Å². The number of hydrogen-bond donors (Lipinski definition) is 2. The molecular weight excluding hydrogens is 486 g/mol. The molecule has 0 bridgehead atoms. The third kappa shape index (κ3) is 5.54. The average molecular weight is 516 g/mol. The Bertz CT molecular complexity index is 1370. The highest BCUT2D eigenvalue weighted by atomic mass is 16.5. The zero-order valence-electron chi connectivity index (χ0n) is 21.4. The van der Waals surface area contributed by atoms with Crippen LogP contribution in [0.25, 0.3) is 5.76 Å². The standard InChI is InChI=1S/C30H29NO7/c1-4-37-25(33)16-19-8-12-22(13-9-19)31-27(20-10-14-23(32)15-11-20)26(29(35)30(31)36)28(34)21-6-5-7-24(17-21)38-18(2)3/h5-15,17-18,27,32,34H,4,16H2,1-3H3/b28-26-. The van der Waals surface area contributed by atoms with Crippen molar-refractivity contribution in [3.63, 3.8) is 0 Å². The molecule has 38 heavy (non-hydrogen) atoms. The minimum Gasteiger partial charge on any atom is -0.508 e. The van der Waals surface area contributed by atoms with E-state index in [9.17, 15) is 24.6 Å².